The molecule has 0 fully saturated rings. The maximum atomic E-state index is 12.8. The van der Waals surface area contributed by atoms with Gasteiger partial charge in [0.05, 0.1) is 11.7 Å². The average molecular weight is 458 g/mol. The van der Waals surface area contributed by atoms with Gasteiger partial charge in [-0.15, -0.1) is 11.3 Å². The predicted octanol–water partition coefficient (Wildman–Crippen LogP) is 4.50. The smallest absolute Gasteiger partial charge is 0.225 e. The number of nitrogens with zero attached hydrogens (tertiary/aromatic N) is 1. The van der Waals surface area contributed by atoms with E-state index in [0.717, 1.165) is 26.7 Å². The molecule has 6 nitrogen and oxygen atoms in total. The Bertz CT molecular complexity index is 1110. The number of benzene rings is 2. The molecule has 0 radical (unpaired) electrons. The summed E-state index contributed by atoms with van der Waals surface area (Å²) in [5, 5.41) is 4.00. The minimum atomic E-state index is -2.70. The van der Waals surface area contributed by atoms with Crippen LogP contribution in [0, 0.1) is 12.3 Å². The number of thiazole rings is 1. The Morgan fingerprint density at radius 1 is 1.06 bits per heavy atom. The molecular weight excluding hydrogens is 430 g/mol. The lowest BCUT2D eigenvalue weighted by molar-refractivity contribution is -0.129. The van der Waals surface area contributed by atoms with Crippen molar-refractivity contribution in [1.29, 1.82) is 0 Å². The van der Waals surface area contributed by atoms with Crippen molar-refractivity contribution in [1.82, 2.24) is 10.3 Å². The van der Waals surface area contributed by atoms with Gasteiger partial charge in [0, 0.05) is 21.5 Å². The molecule has 1 atom stereocenters. The molecule has 1 amide bonds. The highest BCUT2D eigenvalue weighted by Gasteiger charge is 2.27. The summed E-state index contributed by atoms with van der Waals surface area (Å²) in [6.07, 6.45) is 0.548. The van der Waals surface area contributed by atoms with E-state index in [2.05, 4.69) is 10.0 Å². The zero-order valence-electron chi connectivity index (χ0n) is 18.0. The van der Waals surface area contributed by atoms with E-state index in [1.54, 1.807) is 23.5 Å². The Morgan fingerprint density at radius 2 is 1.71 bits per heavy atom. The molecule has 0 aliphatic carbocycles. The van der Waals surface area contributed by atoms with Gasteiger partial charge < -0.3 is 5.32 Å². The Balaban J connectivity index is 1.91. The maximum absolute atomic E-state index is 12.8. The summed E-state index contributed by atoms with van der Waals surface area (Å²) in [5.74, 6) is -0.0479. The molecule has 0 aliphatic heterocycles. The van der Waals surface area contributed by atoms with Crippen LogP contribution in [0.1, 0.15) is 42.3 Å². The highest BCUT2D eigenvalue weighted by molar-refractivity contribution is 7.73. The van der Waals surface area contributed by atoms with Crippen LogP contribution >= 0.6 is 11.3 Å². The summed E-state index contributed by atoms with van der Waals surface area (Å²) < 4.78 is 24.1. The molecule has 0 saturated carbocycles. The van der Waals surface area contributed by atoms with Crippen molar-refractivity contribution in [3.63, 3.8) is 0 Å². The lowest BCUT2D eigenvalue weighted by Gasteiger charge is -2.23. The molecule has 2 aromatic carbocycles. The molecule has 0 aliphatic rings. The molecular formula is C23H27N3O3S2. The zero-order chi connectivity index (χ0) is 22.6. The van der Waals surface area contributed by atoms with Crippen molar-refractivity contribution in [3.05, 3.63) is 70.0 Å². The van der Waals surface area contributed by atoms with Crippen LogP contribution in [0.4, 0.5) is 5.69 Å². The number of hydrogen-bond donors (Lipinski definition) is 3. The molecule has 0 unspecified atom stereocenters. The summed E-state index contributed by atoms with van der Waals surface area (Å²) in [7, 11) is -2.70. The fourth-order valence-corrected chi connectivity index (χ4v) is 4.42. The molecule has 1 heterocycles. The third-order valence-electron chi connectivity index (χ3n) is 4.76. The Morgan fingerprint density at radius 3 is 2.29 bits per heavy atom. The number of rotatable bonds is 7. The van der Waals surface area contributed by atoms with E-state index in [4.69, 9.17) is 4.98 Å². The van der Waals surface area contributed by atoms with E-state index >= 15 is 0 Å². The quantitative estimate of drug-likeness (QED) is 0.456. The minimum absolute atomic E-state index is 0.0479. The minimum Gasteiger partial charge on any atom is -0.346 e. The summed E-state index contributed by atoms with van der Waals surface area (Å²) >= 11 is 1.58. The second-order valence-corrected chi connectivity index (χ2v) is 10.3. The summed E-state index contributed by atoms with van der Waals surface area (Å²) in [5.41, 5.74) is 2.92. The van der Waals surface area contributed by atoms with Gasteiger partial charge in [-0.25, -0.2) is 13.4 Å². The molecule has 0 saturated heterocycles. The molecule has 31 heavy (non-hydrogen) atoms. The van der Waals surface area contributed by atoms with E-state index in [9.17, 15) is 13.2 Å². The van der Waals surface area contributed by atoms with Gasteiger partial charge in [0.1, 0.15) is 5.01 Å². The largest absolute Gasteiger partial charge is 0.346 e. The van der Waals surface area contributed by atoms with Gasteiger partial charge in [-0.05, 0) is 31.0 Å². The summed E-state index contributed by atoms with van der Waals surface area (Å²) in [4.78, 5) is 18.7. The summed E-state index contributed by atoms with van der Waals surface area (Å²) in [6, 6.07) is 16.9. The normalized spacial score (nSPS) is 12.5. The summed E-state index contributed by atoms with van der Waals surface area (Å²) in [6.45, 7) is 7.68. The molecule has 1 aromatic heterocycles. The van der Waals surface area contributed by atoms with E-state index in [1.165, 1.54) is 0 Å². The molecule has 3 aromatic rings. The first-order valence-electron chi connectivity index (χ1n) is 9.97. The first-order valence-corrected chi connectivity index (χ1v) is 12.0. The van der Waals surface area contributed by atoms with Gasteiger partial charge in [-0.3, -0.25) is 9.52 Å². The van der Waals surface area contributed by atoms with E-state index < -0.39 is 16.3 Å². The second kappa shape index (κ2) is 9.62. The van der Waals surface area contributed by atoms with Gasteiger partial charge in [0.15, 0.2) is 0 Å². The fourth-order valence-electron chi connectivity index (χ4n) is 3.06. The lowest BCUT2D eigenvalue weighted by atomic mass is 9.94. The van der Waals surface area contributed by atoms with Crippen LogP contribution in [0.15, 0.2) is 54.6 Å². The van der Waals surface area contributed by atoms with Crippen LogP contribution in [0.2, 0.25) is 0 Å². The lowest BCUT2D eigenvalue weighted by Crippen LogP contribution is -2.38. The second-order valence-electron chi connectivity index (χ2n) is 8.37. The monoisotopic (exact) mass is 457 g/mol. The van der Waals surface area contributed by atoms with Crippen LogP contribution in [0.3, 0.4) is 0 Å². The van der Waals surface area contributed by atoms with Crippen LogP contribution < -0.4 is 10.0 Å². The van der Waals surface area contributed by atoms with Gasteiger partial charge in [0.25, 0.3) is 0 Å². The van der Waals surface area contributed by atoms with Crippen molar-refractivity contribution in [2.75, 3.05) is 4.72 Å². The topological polar surface area (TPSA) is 88.2 Å². The molecule has 3 rings (SSSR count). The van der Waals surface area contributed by atoms with Crippen molar-refractivity contribution < 1.29 is 13.2 Å². The highest BCUT2D eigenvalue weighted by atomic mass is 32.2. The number of anilines is 1. The Hall–Kier alpha value is -2.71. The number of carbonyl (C=O) groups excluding carboxylic acids is 1. The molecule has 164 valence electrons. The first-order chi connectivity index (χ1) is 14.6. The Labute approximate surface area is 188 Å². The van der Waals surface area contributed by atoms with Gasteiger partial charge in [-0.2, -0.15) is 0 Å². The van der Waals surface area contributed by atoms with Crippen molar-refractivity contribution >= 4 is 33.8 Å². The van der Waals surface area contributed by atoms with E-state index in [1.807, 2.05) is 70.2 Å². The number of thiol groups is 1. The highest BCUT2D eigenvalue weighted by Crippen LogP contribution is 2.32. The standard InChI is InChI=1S/C23H27N3O3S2/c1-15-20(17-8-6-5-7-9-17)25-21(30-15)19(24-22(27)23(2,3)4)14-16-10-12-18(13-11-16)26-31(28)29/h5-13,19,31H,14H2,1-4H3,(H,24,27)(H,26,28,29)/t19-/m0/s1. The van der Waals surface area contributed by atoms with Crippen LogP contribution in [0.25, 0.3) is 11.3 Å². The van der Waals surface area contributed by atoms with Crippen molar-refractivity contribution in [2.45, 2.75) is 40.2 Å². The third kappa shape index (κ3) is 6.15. The van der Waals surface area contributed by atoms with E-state index in [-0.39, 0.29) is 11.9 Å². The molecule has 0 spiro atoms. The van der Waals surface area contributed by atoms with Crippen LogP contribution in [0.5, 0.6) is 0 Å². The number of hydrogen-bond acceptors (Lipinski definition) is 5. The van der Waals surface area contributed by atoms with E-state index in [0.29, 0.717) is 12.1 Å². The van der Waals surface area contributed by atoms with Crippen LogP contribution in [-0.2, 0) is 22.1 Å². The van der Waals surface area contributed by atoms with Crippen molar-refractivity contribution in [2.24, 2.45) is 5.41 Å². The number of amides is 1. The third-order valence-corrected chi connectivity index (χ3v) is 6.28. The fraction of sp³-hybridized carbons (Fsp3) is 0.304. The predicted molar refractivity (Wildman–Crippen MR) is 127 cm³/mol. The average Bonchev–Trinajstić information content (AvgIpc) is 3.10. The molecule has 0 bridgehead atoms. The number of carbonyl (C=O) groups is 1. The number of nitrogens with one attached hydrogen (secondary N) is 2. The Kier molecular flexibility index (Phi) is 7.12. The van der Waals surface area contributed by atoms with Gasteiger partial charge in [-0.1, -0.05) is 63.2 Å². The van der Waals surface area contributed by atoms with Crippen molar-refractivity contribution in [3.8, 4) is 11.3 Å². The number of aromatic nitrogens is 1. The SMILES string of the molecule is Cc1sc([C@H](Cc2ccc(N[SH](=O)=O)cc2)NC(=O)C(C)(C)C)nc1-c1ccccc1. The van der Waals surface area contributed by atoms with Gasteiger partial charge >= 0.3 is 0 Å². The zero-order valence-corrected chi connectivity index (χ0v) is 19.7. The van der Waals surface area contributed by atoms with Gasteiger partial charge in [0.2, 0.25) is 16.8 Å². The maximum Gasteiger partial charge on any atom is 0.225 e. The molecule has 8 heteroatoms. The number of aryl methyl sites for hydroxylation is 1. The molecule has 2 N–H and O–H groups in total. The van der Waals surface area contributed by atoms with Crippen LogP contribution in [-0.4, -0.2) is 19.3 Å². The first kappa shape index (κ1) is 23.0.